The second-order valence-electron chi connectivity index (χ2n) is 4.37. The molecule has 19 heavy (non-hydrogen) atoms. The summed E-state index contributed by atoms with van der Waals surface area (Å²) in [4.78, 5) is 12.1. The van der Waals surface area contributed by atoms with Crippen molar-refractivity contribution >= 4 is 23.2 Å². The van der Waals surface area contributed by atoms with E-state index in [2.05, 4.69) is 20.3 Å². The fourth-order valence-corrected chi connectivity index (χ4v) is 1.66. The average molecular weight is 279 g/mol. The maximum Gasteiger partial charge on any atom is 0.322 e. The third-order valence-electron chi connectivity index (χ3n) is 2.20. The summed E-state index contributed by atoms with van der Waals surface area (Å²) in [6, 6.07) is 8.09. The van der Waals surface area contributed by atoms with Crippen LogP contribution in [0.1, 0.15) is 19.4 Å². The summed E-state index contributed by atoms with van der Waals surface area (Å²) in [6.45, 7) is 5.80. The molecule has 0 radical (unpaired) electrons. The van der Waals surface area contributed by atoms with Crippen LogP contribution in [0.25, 0.3) is 0 Å². The van der Waals surface area contributed by atoms with E-state index in [0.717, 1.165) is 11.3 Å². The number of aryl methyl sites for hydroxylation is 1. The molecule has 0 aliphatic heterocycles. The lowest BCUT2D eigenvalue weighted by molar-refractivity contribution is 0.222. The van der Waals surface area contributed by atoms with Crippen LogP contribution < -0.4 is 10.1 Å². The second kappa shape index (κ2) is 5.84. The molecule has 5 nitrogen and oxygen atoms in total. The number of hydrogen-bond donors (Lipinski definition) is 1. The lowest BCUT2D eigenvalue weighted by Crippen LogP contribution is -2.10. The molecule has 1 heterocycles. The van der Waals surface area contributed by atoms with Crippen molar-refractivity contribution in [1.82, 2.24) is 15.0 Å². The Balaban J connectivity index is 2.22. The van der Waals surface area contributed by atoms with E-state index in [1.165, 1.54) is 0 Å². The van der Waals surface area contributed by atoms with Crippen LogP contribution in [-0.4, -0.2) is 21.1 Å². The molecule has 0 spiro atoms. The van der Waals surface area contributed by atoms with E-state index in [-0.39, 0.29) is 17.4 Å². The van der Waals surface area contributed by atoms with Crippen molar-refractivity contribution in [1.29, 1.82) is 0 Å². The highest BCUT2D eigenvalue weighted by Crippen LogP contribution is 2.18. The predicted octanol–water partition coefficient (Wildman–Crippen LogP) is 3.36. The van der Waals surface area contributed by atoms with E-state index >= 15 is 0 Å². The summed E-state index contributed by atoms with van der Waals surface area (Å²) in [5.41, 5.74) is 2.03. The van der Waals surface area contributed by atoms with Gasteiger partial charge in [0.2, 0.25) is 11.2 Å². The van der Waals surface area contributed by atoms with Crippen molar-refractivity contribution in [3.8, 4) is 6.01 Å². The van der Waals surface area contributed by atoms with Gasteiger partial charge in [-0.15, -0.1) is 0 Å². The fourth-order valence-electron chi connectivity index (χ4n) is 1.50. The Morgan fingerprint density at radius 3 is 2.68 bits per heavy atom. The fraction of sp³-hybridized carbons (Fsp3) is 0.308. The number of benzene rings is 1. The monoisotopic (exact) mass is 278 g/mol. The zero-order chi connectivity index (χ0) is 13.8. The lowest BCUT2D eigenvalue weighted by Gasteiger charge is -2.10. The third-order valence-corrected chi connectivity index (χ3v) is 2.37. The van der Waals surface area contributed by atoms with Crippen molar-refractivity contribution in [2.24, 2.45) is 0 Å². The molecule has 1 aromatic heterocycles. The Morgan fingerprint density at radius 2 is 2.00 bits per heavy atom. The average Bonchev–Trinajstić information content (AvgIpc) is 2.26. The molecule has 0 atom stereocenters. The molecule has 6 heteroatoms. The third kappa shape index (κ3) is 4.06. The summed E-state index contributed by atoms with van der Waals surface area (Å²) < 4.78 is 5.41. The molecule has 0 aliphatic carbocycles. The molecular formula is C13H15ClN4O. The van der Waals surface area contributed by atoms with Gasteiger partial charge in [0, 0.05) is 5.69 Å². The maximum absolute atomic E-state index is 5.85. The number of hydrogen-bond acceptors (Lipinski definition) is 5. The minimum Gasteiger partial charge on any atom is -0.461 e. The van der Waals surface area contributed by atoms with Crippen molar-refractivity contribution in [2.75, 3.05) is 5.32 Å². The first-order valence-corrected chi connectivity index (χ1v) is 6.32. The summed E-state index contributed by atoms with van der Waals surface area (Å²) in [7, 11) is 0. The Hall–Kier alpha value is -1.88. The first-order valence-electron chi connectivity index (χ1n) is 5.95. The minimum absolute atomic E-state index is 0.0229. The second-order valence-corrected chi connectivity index (χ2v) is 4.71. The number of nitrogens with one attached hydrogen (secondary N) is 1. The summed E-state index contributed by atoms with van der Waals surface area (Å²) in [5.74, 6) is 0.362. The molecular weight excluding hydrogens is 264 g/mol. The Labute approximate surface area is 117 Å². The first-order chi connectivity index (χ1) is 9.02. The highest BCUT2D eigenvalue weighted by atomic mass is 35.5. The minimum atomic E-state index is -0.0229. The van der Waals surface area contributed by atoms with Gasteiger partial charge in [0.15, 0.2) is 0 Å². The largest absolute Gasteiger partial charge is 0.461 e. The van der Waals surface area contributed by atoms with Crippen molar-refractivity contribution in [2.45, 2.75) is 26.9 Å². The van der Waals surface area contributed by atoms with Gasteiger partial charge >= 0.3 is 6.01 Å². The number of aromatic nitrogens is 3. The molecule has 0 aliphatic rings. The van der Waals surface area contributed by atoms with Crippen LogP contribution in [0.4, 0.5) is 11.6 Å². The molecule has 100 valence electrons. The van der Waals surface area contributed by atoms with Gasteiger partial charge in [0.05, 0.1) is 6.10 Å². The number of rotatable bonds is 4. The highest BCUT2D eigenvalue weighted by molar-refractivity contribution is 6.28. The Kier molecular flexibility index (Phi) is 4.16. The molecule has 1 aromatic carbocycles. The molecule has 0 amide bonds. The van der Waals surface area contributed by atoms with Crippen LogP contribution in [0.5, 0.6) is 6.01 Å². The zero-order valence-corrected chi connectivity index (χ0v) is 11.8. The number of ether oxygens (including phenoxy) is 1. The van der Waals surface area contributed by atoms with Crippen LogP contribution in [0.15, 0.2) is 24.3 Å². The molecule has 0 saturated carbocycles. The van der Waals surface area contributed by atoms with Gasteiger partial charge < -0.3 is 10.1 Å². The van der Waals surface area contributed by atoms with E-state index in [0.29, 0.717) is 5.95 Å². The zero-order valence-electron chi connectivity index (χ0n) is 11.0. The van der Waals surface area contributed by atoms with Gasteiger partial charge in [-0.05, 0) is 50.1 Å². The highest BCUT2D eigenvalue weighted by Gasteiger charge is 2.08. The van der Waals surface area contributed by atoms with E-state index < -0.39 is 0 Å². The van der Waals surface area contributed by atoms with Crippen molar-refractivity contribution in [3.63, 3.8) is 0 Å². The smallest absolute Gasteiger partial charge is 0.322 e. The van der Waals surface area contributed by atoms with Crippen molar-refractivity contribution in [3.05, 3.63) is 35.1 Å². The molecule has 0 unspecified atom stereocenters. The summed E-state index contributed by atoms with van der Waals surface area (Å²) in [5, 5.41) is 3.17. The number of anilines is 2. The summed E-state index contributed by atoms with van der Waals surface area (Å²) >= 11 is 5.85. The molecule has 0 bridgehead atoms. The van der Waals surface area contributed by atoms with Crippen LogP contribution in [0.3, 0.4) is 0 Å². The SMILES string of the molecule is Cc1cccc(Nc2nc(Cl)nc(OC(C)C)n2)c1. The van der Waals surface area contributed by atoms with Gasteiger partial charge in [-0.3, -0.25) is 0 Å². The normalized spacial score (nSPS) is 10.6. The van der Waals surface area contributed by atoms with Gasteiger partial charge in [-0.1, -0.05) is 12.1 Å². The first kappa shape index (κ1) is 13.5. The predicted molar refractivity (Wildman–Crippen MR) is 75.1 cm³/mol. The molecule has 2 rings (SSSR count). The number of nitrogens with zero attached hydrogens (tertiary/aromatic N) is 3. The van der Waals surface area contributed by atoms with E-state index in [9.17, 15) is 0 Å². The van der Waals surface area contributed by atoms with Gasteiger partial charge in [0.1, 0.15) is 0 Å². The molecule has 1 N–H and O–H groups in total. The van der Waals surface area contributed by atoms with Gasteiger partial charge in [0.25, 0.3) is 0 Å². The van der Waals surface area contributed by atoms with Crippen LogP contribution in [0.2, 0.25) is 5.28 Å². The topological polar surface area (TPSA) is 59.9 Å². The maximum atomic E-state index is 5.85. The number of halogens is 1. The molecule has 0 fully saturated rings. The van der Waals surface area contributed by atoms with E-state index in [4.69, 9.17) is 16.3 Å². The standard InChI is InChI=1S/C13H15ClN4O/c1-8(2)19-13-17-11(14)16-12(18-13)15-10-6-4-5-9(3)7-10/h4-8H,1-3H3,(H,15,16,17,18). The van der Waals surface area contributed by atoms with Crippen LogP contribution in [0, 0.1) is 6.92 Å². The molecule has 2 aromatic rings. The van der Waals surface area contributed by atoms with Crippen molar-refractivity contribution < 1.29 is 4.74 Å². The summed E-state index contributed by atoms with van der Waals surface area (Å²) in [6.07, 6.45) is -0.0229. The quantitative estimate of drug-likeness (QED) is 0.929. The van der Waals surface area contributed by atoms with Crippen LogP contribution >= 0.6 is 11.6 Å². The Morgan fingerprint density at radius 1 is 1.21 bits per heavy atom. The van der Waals surface area contributed by atoms with E-state index in [1.54, 1.807) is 0 Å². The van der Waals surface area contributed by atoms with Gasteiger partial charge in [-0.2, -0.15) is 15.0 Å². The Bertz CT molecular complexity index is 574. The van der Waals surface area contributed by atoms with E-state index in [1.807, 2.05) is 45.0 Å². The lowest BCUT2D eigenvalue weighted by atomic mass is 10.2. The van der Waals surface area contributed by atoms with Gasteiger partial charge in [-0.25, -0.2) is 0 Å². The molecule has 0 saturated heterocycles. The van der Waals surface area contributed by atoms with Crippen LogP contribution in [-0.2, 0) is 0 Å².